The van der Waals surface area contributed by atoms with Gasteiger partial charge in [0.05, 0.1) is 0 Å². The van der Waals surface area contributed by atoms with Gasteiger partial charge in [0.15, 0.2) is 0 Å². The molecule has 2 aromatic rings. The van der Waals surface area contributed by atoms with Crippen LogP contribution in [-0.4, -0.2) is 13.1 Å². The molecule has 1 nitrogen and oxygen atoms in total. The summed E-state index contributed by atoms with van der Waals surface area (Å²) >= 11 is 3.62. The third-order valence-electron chi connectivity index (χ3n) is 5.01. The van der Waals surface area contributed by atoms with Crippen molar-refractivity contribution in [2.24, 2.45) is 5.92 Å². The van der Waals surface area contributed by atoms with Crippen molar-refractivity contribution < 1.29 is 0 Å². The number of fused-ring (bicyclic) bond motifs is 2. The highest BCUT2D eigenvalue weighted by atomic mass is 79.9. The molecule has 2 aliphatic rings. The lowest BCUT2D eigenvalue weighted by Gasteiger charge is -2.32. The first-order valence-corrected chi connectivity index (χ1v) is 8.89. The smallest absolute Gasteiger partial charge is 0.0181 e. The quantitative estimate of drug-likeness (QED) is 0.754. The van der Waals surface area contributed by atoms with Gasteiger partial charge in [0, 0.05) is 10.4 Å². The minimum atomic E-state index is 0.511. The molecule has 0 spiro atoms. The first-order chi connectivity index (χ1) is 10.8. The molecule has 0 radical (unpaired) electrons. The Morgan fingerprint density at radius 2 is 1.59 bits per heavy atom. The van der Waals surface area contributed by atoms with E-state index < -0.39 is 0 Å². The Morgan fingerprint density at radius 1 is 0.864 bits per heavy atom. The van der Waals surface area contributed by atoms with E-state index in [0.717, 1.165) is 23.5 Å². The second-order valence-corrected chi connectivity index (χ2v) is 7.22. The number of hydrogen-bond donors (Lipinski definition) is 1. The van der Waals surface area contributed by atoms with E-state index in [-0.39, 0.29) is 0 Å². The molecule has 22 heavy (non-hydrogen) atoms. The average molecular weight is 354 g/mol. The summed E-state index contributed by atoms with van der Waals surface area (Å²) in [5.41, 5.74) is 5.70. The second kappa shape index (κ2) is 6.02. The van der Waals surface area contributed by atoms with Gasteiger partial charge < -0.3 is 5.32 Å². The highest BCUT2D eigenvalue weighted by Crippen LogP contribution is 2.42. The van der Waals surface area contributed by atoms with E-state index in [4.69, 9.17) is 0 Å². The Morgan fingerprint density at radius 3 is 2.45 bits per heavy atom. The van der Waals surface area contributed by atoms with Gasteiger partial charge in [-0.05, 0) is 66.2 Å². The molecule has 0 amide bonds. The minimum absolute atomic E-state index is 0.511. The van der Waals surface area contributed by atoms with Crippen LogP contribution in [0.4, 0.5) is 0 Å². The lowest BCUT2D eigenvalue weighted by atomic mass is 9.75. The van der Waals surface area contributed by atoms with Crippen LogP contribution in [0.15, 0.2) is 46.9 Å². The van der Waals surface area contributed by atoms with Gasteiger partial charge in [-0.1, -0.05) is 58.4 Å². The van der Waals surface area contributed by atoms with Gasteiger partial charge in [0.2, 0.25) is 0 Å². The van der Waals surface area contributed by atoms with E-state index in [2.05, 4.69) is 75.9 Å². The SMILES string of the molecule is Brc1ccc2c(c1)C=Cc1ccccc1C2C1CCNCC1. The normalized spacial score (nSPS) is 21.0. The summed E-state index contributed by atoms with van der Waals surface area (Å²) in [6, 6.07) is 15.7. The van der Waals surface area contributed by atoms with Crippen molar-refractivity contribution in [3.8, 4) is 0 Å². The van der Waals surface area contributed by atoms with Crippen LogP contribution in [0, 0.1) is 5.92 Å². The Balaban J connectivity index is 1.89. The topological polar surface area (TPSA) is 12.0 Å². The molecular formula is C20H20BrN. The maximum absolute atomic E-state index is 3.62. The van der Waals surface area contributed by atoms with Crippen LogP contribution in [-0.2, 0) is 0 Å². The zero-order valence-corrected chi connectivity index (χ0v) is 14.1. The van der Waals surface area contributed by atoms with Gasteiger partial charge in [-0.3, -0.25) is 0 Å². The lowest BCUT2D eigenvalue weighted by Crippen LogP contribution is -2.31. The number of benzene rings is 2. The van der Waals surface area contributed by atoms with Crippen molar-refractivity contribution >= 4 is 28.1 Å². The van der Waals surface area contributed by atoms with Crippen molar-refractivity contribution in [3.63, 3.8) is 0 Å². The first kappa shape index (κ1) is 14.2. The molecule has 1 aliphatic heterocycles. The number of hydrogen-bond acceptors (Lipinski definition) is 1. The zero-order chi connectivity index (χ0) is 14.9. The number of rotatable bonds is 1. The number of piperidine rings is 1. The molecule has 1 aliphatic carbocycles. The standard InChI is InChI=1S/C20H20BrN/c21-17-7-8-19-16(13-17)6-5-14-3-1-2-4-18(14)20(19)15-9-11-22-12-10-15/h1-8,13,15,20,22H,9-12H2. The molecule has 1 fully saturated rings. The fraction of sp³-hybridized carbons (Fsp3) is 0.300. The van der Waals surface area contributed by atoms with E-state index >= 15 is 0 Å². The molecule has 1 atom stereocenters. The Labute approximate surface area is 140 Å². The molecule has 1 N–H and O–H groups in total. The summed E-state index contributed by atoms with van der Waals surface area (Å²) in [5.74, 6) is 1.23. The van der Waals surface area contributed by atoms with Crippen LogP contribution in [0.5, 0.6) is 0 Å². The molecule has 0 aromatic heterocycles. The Hall–Kier alpha value is -1.38. The van der Waals surface area contributed by atoms with Gasteiger partial charge in [0.1, 0.15) is 0 Å². The van der Waals surface area contributed by atoms with Gasteiger partial charge in [-0.25, -0.2) is 0 Å². The third-order valence-corrected chi connectivity index (χ3v) is 5.51. The summed E-state index contributed by atoms with van der Waals surface area (Å²) in [6.45, 7) is 2.28. The largest absolute Gasteiger partial charge is 0.317 e. The molecule has 1 saturated heterocycles. The molecule has 4 rings (SSSR count). The maximum atomic E-state index is 3.62. The summed E-state index contributed by atoms with van der Waals surface area (Å²) in [4.78, 5) is 0. The van der Waals surface area contributed by atoms with Crippen molar-refractivity contribution in [2.45, 2.75) is 18.8 Å². The Kier molecular flexibility index (Phi) is 3.89. The first-order valence-electron chi connectivity index (χ1n) is 8.10. The monoisotopic (exact) mass is 353 g/mol. The van der Waals surface area contributed by atoms with Crippen molar-refractivity contribution in [3.05, 3.63) is 69.2 Å². The van der Waals surface area contributed by atoms with Crippen LogP contribution >= 0.6 is 15.9 Å². The van der Waals surface area contributed by atoms with Gasteiger partial charge in [0.25, 0.3) is 0 Å². The Bertz CT molecular complexity index is 713. The van der Waals surface area contributed by atoms with Crippen LogP contribution in [0.3, 0.4) is 0 Å². The van der Waals surface area contributed by atoms with E-state index in [1.807, 2.05) is 0 Å². The van der Waals surface area contributed by atoms with Gasteiger partial charge in [-0.15, -0.1) is 0 Å². The molecule has 1 heterocycles. The van der Waals surface area contributed by atoms with Crippen molar-refractivity contribution in [2.75, 3.05) is 13.1 Å². The summed E-state index contributed by atoms with van der Waals surface area (Å²) in [7, 11) is 0. The zero-order valence-electron chi connectivity index (χ0n) is 12.6. The van der Waals surface area contributed by atoms with Crippen molar-refractivity contribution in [1.29, 1.82) is 0 Å². The molecule has 1 unspecified atom stereocenters. The fourth-order valence-corrected chi connectivity index (χ4v) is 4.33. The van der Waals surface area contributed by atoms with Crippen LogP contribution in [0.25, 0.3) is 12.2 Å². The maximum Gasteiger partial charge on any atom is 0.0181 e. The van der Waals surface area contributed by atoms with E-state index in [9.17, 15) is 0 Å². The average Bonchev–Trinajstić information content (AvgIpc) is 2.72. The fourth-order valence-electron chi connectivity index (χ4n) is 3.95. The van der Waals surface area contributed by atoms with E-state index in [1.165, 1.54) is 35.1 Å². The molecule has 0 saturated carbocycles. The molecule has 2 aromatic carbocycles. The van der Waals surface area contributed by atoms with Gasteiger partial charge in [-0.2, -0.15) is 0 Å². The van der Waals surface area contributed by atoms with E-state index in [1.54, 1.807) is 0 Å². The summed E-state index contributed by atoms with van der Waals surface area (Å²) in [5, 5.41) is 3.50. The van der Waals surface area contributed by atoms with Crippen LogP contribution < -0.4 is 5.32 Å². The van der Waals surface area contributed by atoms with Crippen molar-refractivity contribution in [1.82, 2.24) is 5.32 Å². The lowest BCUT2D eigenvalue weighted by molar-refractivity contribution is 0.342. The van der Waals surface area contributed by atoms with Gasteiger partial charge >= 0.3 is 0 Å². The highest BCUT2D eigenvalue weighted by Gasteiger charge is 2.30. The third kappa shape index (κ3) is 2.55. The molecule has 2 heteroatoms. The second-order valence-electron chi connectivity index (χ2n) is 6.30. The molecule has 112 valence electrons. The van der Waals surface area contributed by atoms with Crippen LogP contribution in [0.1, 0.15) is 41.0 Å². The molecular weight excluding hydrogens is 334 g/mol. The summed E-state index contributed by atoms with van der Waals surface area (Å²) in [6.07, 6.45) is 7.07. The minimum Gasteiger partial charge on any atom is -0.317 e. The number of halogens is 1. The predicted octanol–water partition coefficient (Wildman–Crippen LogP) is 5.06. The van der Waals surface area contributed by atoms with Crippen LogP contribution in [0.2, 0.25) is 0 Å². The highest BCUT2D eigenvalue weighted by molar-refractivity contribution is 9.10. The number of nitrogens with one attached hydrogen (secondary N) is 1. The molecule has 0 bridgehead atoms. The summed E-state index contributed by atoms with van der Waals surface area (Å²) < 4.78 is 1.16. The van der Waals surface area contributed by atoms with E-state index in [0.29, 0.717) is 5.92 Å². The predicted molar refractivity (Wildman–Crippen MR) is 96.9 cm³/mol.